The first kappa shape index (κ1) is 11.8. The van der Waals surface area contributed by atoms with Crippen LogP contribution >= 0.6 is 11.3 Å². The van der Waals surface area contributed by atoms with Gasteiger partial charge in [0.1, 0.15) is 5.75 Å². The predicted octanol–water partition coefficient (Wildman–Crippen LogP) is 2.19. The smallest absolute Gasteiger partial charge is 0.280 e. The predicted molar refractivity (Wildman–Crippen MR) is 68.9 cm³/mol. The summed E-state index contributed by atoms with van der Waals surface area (Å²) in [5.41, 5.74) is 1.19. The maximum atomic E-state index is 9.67. The van der Waals surface area contributed by atoms with Crippen LogP contribution in [0.4, 0.5) is 0 Å². The molecule has 0 saturated carbocycles. The van der Waals surface area contributed by atoms with Crippen molar-refractivity contribution < 1.29 is 9.63 Å². The van der Waals surface area contributed by atoms with E-state index in [1.807, 2.05) is 12.3 Å². The Morgan fingerprint density at radius 1 is 1.37 bits per heavy atom. The zero-order valence-electron chi connectivity index (χ0n) is 10.1. The zero-order valence-corrected chi connectivity index (χ0v) is 10.9. The van der Waals surface area contributed by atoms with Crippen molar-refractivity contribution in [2.45, 2.75) is 13.3 Å². The summed E-state index contributed by atoms with van der Waals surface area (Å²) in [7, 11) is 0. The zero-order chi connectivity index (χ0) is 13.2. The average molecular weight is 274 g/mol. The Hall–Kier alpha value is -2.28. The highest BCUT2D eigenvalue weighted by Crippen LogP contribution is 2.24. The van der Waals surface area contributed by atoms with Gasteiger partial charge in [-0.3, -0.25) is 0 Å². The van der Waals surface area contributed by atoms with Gasteiger partial charge in [-0.2, -0.15) is 4.98 Å². The Labute approximate surface area is 112 Å². The van der Waals surface area contributed by atoms with Crippen LogP contribution in [0.1, 0.15) is 16.5 Å². The van der Waals surface area contributed by atoms with E-state index in [1.165, 1.54) is 6.07 Å². The molecule has 0 bridgehead atoms. The van der Waals surface area contributed by atoms with Crippen LogP contribution in [0.25, 0.3) is 11.6 Å². The van der Waals surface area contributed by atoms with Gasteiger partial charge in [-0.05, 0) is 19.1 Å². The molecule has 0 atom stereocenters. The van der Waals surface area contributed by atoms with Crippen molar-refractivity contribution >= 4 is 11.3 Å². The Balaban J connectivity index is 1.86. The van der Waals surface area contributed by atoms with Crippen LogP contribution in [-0.4, -0.2) is 25.2 Å². The molecule has 6 nitrogen and oxygen atoms in total. The van der Waals surface area contributed by atoms with E-state index in [2.05, 4.69) is 20.1 Å². The molecule has 0 fully saturated rings. The minimum absolute atomic E-state index is 0.0159. The van der Waals surface area contributed by atoms with E-state index < -0.39 is 0 Å². The molecule has 0 aliphatic heterocycles. The Bertz CT molecular complexity index is 707. The first-order valence-corrected chi connectivity index (χ1v) is 6.48. The molecule has 0 amide bonds. The van der Waals surface area contributed by atoms with E-state index in [0.29, 0.717) is 12.2 Å². The van der Waals surface area contributed by atoms with E-state index in [0.717, 1.165) is 10.7 Å². The molecule has 0 saturated heterocycles. The van der Waals surface area contributed by atoms with Gasteiger partial charge in [0.05, 0.1) is 17.1 Å². The number of aromatic hydroxyl groups is 1. The summed E-state index contributed by atoms with van der Waals surface area (Å²) in [6, 6.07) is 3.16. The van der Waals surface area contributed by atoms with Gasteiger partial charge in [0.2, 0.25) is 0 Å². The second-order valence-corrected chi connectivity index (χ2v) is 4.98. The number of aromatic nitrogens is 4. The van der Waals surface area contributed by atoms with Gasteiger partial charge in [0, 0.05) is 11.6 Å². The van der Waals surface area contributed by atoms with Gasteiger partial charge in [-0.25, -0.2) is 9.97 Å². The van der Waals surface area contributed by atoms with Crippen LogP contribution in [0.5, 0.6) is 5.75 Å². The molecule has 0 radical (unpaired) electrons. The van der Waals surface area contributed by atoms with Gasteiger partial charge in [0.15, 0.2) is 11.5 Å². The topological polar surface area (TPSA) is 84.9 Å². The van der Waals surface area contributed by atoms with Crippen LogP contribution in [0.15, 0.2) is 28.2 Å². The fourth-order valence-corrected chi connectivity index (χ4v) is 2.25. The van der Waals surface area contributed by atoms with Crippen LogP contribution in [-0.2, 0) is 6.42 Å². The molecule has 0 spiro atoms. The van der Waals surface area contributed by atoms with Crippen molar-refractivity contribution in [1.29, 1.82) is 0 Å². The second-order valence-electron chi connectivity index (χ2n) is 3.92. The first-order valence-electron chi connectivity index (χ1n) is 5.60. The van der Waals surface area contributed by atoms with Crippen molar-refractivity contribution in [3.8, 4) is 17.3 Å². The molecule has 3 rings (SSSR count). The number of pyridine rings is 1. The lowest BCUT2D eigenvalue weighted by Crippen LogP contribution is -1.91. The summed E-state index contributed by atoms with van der Waals surface area (Å²) < 4.78 is 5.10. The fourth-order valence-electron chi connectivity index (χ4n) is 1.63. The van der Waals surface area contributed by atoms with Crippen molar-refractivity contribution in [2.24, 2.45) is 0 Å². The molecule has 1 N–H and O–H groups in total. The summed E-state index contributed by atoms with van der Waals surface area (Å²) in [6.07, 6.45) is 2.06. The molecule has 0 aromatic carbocycles. The molecule has 3 aromatic heterocycles. The standard InChI is InChI=1S/C12H10N4O2S/c1-7-14-8(6-19-7)5-10-15-12(18-16-10)11-9(17)3-2-4-13-11/h2-4,6,17H,5H2,1H3. The first-order chi connectivity index (χ1) is 9.22. The summed E-state index contributed by atoms with van der Waals surface area (Å²) >= 11 is 1.58. The largest absolute Gasteiger partial charge is 0.505 e. The van der Waals surface area contributed by atoms with Crippen LogP contribution in [0.2, 0.25) is 0 Å². The highest BCUT2D eigenvalue weighted by molar-refractivity contribution is 7.09. The minimum Gasteiger partial charge on any atom is -0.505 e. The van der Waals surface area contributed by atoms with Crippen molar-refractivity contribution in [3.63, 3.8) is 0 Å². The highest BCUT2D eigenvalue weighted by atomic mass is 32.1. The average Bonchev–Trinajstić information content (AvgIpc) is 3.00. The van der Waals surface area contributed by atoms with E-state index in [9.17, 15) is 5.11 Å². The fraction of sp³-hybridized carbons (Fsp3) is 0.167. The minimum atomic E-state index is 0.0159. The van der Waals surface area contributed by atoms with Crippen molar-refractivity contribution in [3.05, 3.63) is 40.2 Å². The third-order valence-corrected chi connectivity index (χ3v) is 3.29. The molecule has 3 aromatic rings. The highest BCUT2D eigenvalue weighted by Gasteiger charge is 2.14. The monoisotopic (exact) mass is 274 g/mol. The van der Waals surface area contributed by atoms with Gasteiger partial charge < -0.3 is 9.63 Å². The normalized spacial score (nSPS) is 10.8. The number of thiazole rings is 1. The second kappa shape index (κ2) is 4.77. The molecular formula is C12H10N4O2S. The molecule has 0 aliphatic rings. The maximum Gasteiger partial charge on any atom is 0.280 e. The van der Waals surface area contributed by atoms with Gasteiger partial charge in [-0.1, -0.05) is 5.16 Å². The van der Waals surface area contributed by atoms with E-state index in [1.54, 1.807) is 23.6 Å². The molecule has 3 heterocycles. The molecule has 96 valence electrons. The molecule has 7 heteroatoms. The summed E-state index contributed by atoms with van der Waals surface area (Å²) in [5.74, 6) is 0.743. The third kappa shape index (κ3) is 2.45. The summed E-state index contributed by atoms with van der Waals surface area (Å²) in [6.45, 7) is 1.95. The van der Waals surface area contributed by atoms with Crippen LogP contribution in [0, 0.1) is 6.92 Å². The van der Waals surface area contributed by atoms with Crippen molar-refractivity contribution in [2.75, 3.05) is 0 Å². The Morgan fingerprint density at radius 2 is 2.26 bits per heavy atom. The summed E-state index contributed by atoms with van der Waals surface area (Å²) in [5, 5.41) is 16.5. The molecule has 19 heavy (non-hydrogen) atoms. The van der Waals surface area contributed by atoms with E-state index in [-0.39, 0.29) is 17.3 Å². The Morgan fingerprint density at radius 3 is 3.00 bits per heavy atom. The summed E-state index contributed by atoms with van der Waals surface area (Å²) in [4.78, 5) is 12.6. The SMILES string of the molecule is Cc1nc(Cc2noc(-c3ncccc3O)n2)cs1. The quantitative estimate of drug-likeness (QED) is 0.788. The van der Waals surface area contributed by atoms with E-state index in [4.69, 9.17) is 4.52 Å². The van der Waals surface area contributed by atoms with Crippen molar-refractivity contribution in [1.82, 2.24) is 20.1 Å². The number of nitrogens with zero attached hydrogens (tertiary/aromatic N) is 4. The van der Waals surface area contributed by atoms with Gasteiger partial charge in [0.25, 0.3) is 5.89 Å². The number of rotatable bonds is 3. The number of hydrogen-bond acceptors (Lipinski definition) is 7. The van der Waals surface area contributed by atoms with Gasteiger partial charge >= 0.3 is 0 Å². The van der Waals surface area contributed by atoms with Gasteiger partial charge in [-0.15, -0.1) is 11.3 Å². The maximum absolute atomic E-state index is 9.67. The lowest BCUT2D eigenvalue weighted by Gasteiger charge is -1.95. The van der Waals surface area contributed by atoms with E-state index >= 15 is 0 Å². The number of hydrogen-bond donors (Lipinski definition) is 1. The lowest BCUT2D eigenvalue weighted by molar-refractivity contribution is 0.416. The van der Waals surface area contributed by atoms with Crippen LogP contribution in [0.3, 0.4) is 0 Å². The third-order valence-electron chi connectivity index (χ3n) is 2.46. The van der Waals surface area contributed by atoms with Crippen LogP contribution < -0.4 is 0 Å². The lowest BCUT2D eigenvalue weighted by atomic mass is 10.3. The number of aryl methyl sites for hydroxylation is 1. The molecular weight excluding hydrogens is 264 g/mol. The molecule has 0 unspecified atom stereocenters. The molecule has 0 aliphatic carbocycles. The Kier molecular flexibility index (Phi) is 2.96.